The number of hydrogen-bond acceptors (Lipinski definition) is 4. The maximum absolute atomic E-state index is 12.8. The lowest BCUT2D eigenvalue weighted by molar-refractivity contribution is 0.0635. The quantitative estimate of drug-likeness (QED) is 0.888. The molecule has 0 unspecified atom stereocenters. The van der Waals surface area contributed by atoms with E-state index in [1.54, 1.807) is 51.2 Å². The second-order valence-corrected chi connectivity index (χ2v) is 6.04. The van der Waals surface area contributed by atoms with E-state index in [9.17, 15) is 9.18 Å². The van der Waals surface area contributed by atoms with Crippen molar-refractivity contribution < 1.29 is 13.9 Å². The van der Waals surface area contributed by atoms with E-state index in [1.807, 2.05) is 0 Å². The first-order chi connectivity index (χ1) is 10.8. The number of ether oxygens (including phenoxy) is 1. The SMILES string of the molecule is CC(C)(C)OC(=O)Nc1ccc(NCc2ccc(F)cc2)cn1. The van der Waals surface area contributed by atoms with Gasteiger partial charge in [-0.15, -0.1) is 0 Å². The van der Waals surface area contributed by atoms with Gasteiger partial charge < -0.3 is 10.1 Å². The monoisotopic (exact) mass is 317 g/mol. The van der Waals surface area contributed by atoms with Crippen LogP contribution >= 0.6 is 0 Å². The van der Waals surface area contributed by atoms with Crippen LogP contribution in [0.4, 0.5) is 20.7 Å². The Morgan fingerprint density at radius 1 is 1.17 bits per heavy atom. The summed E-state index contributed by atoms with van der Waals surface area (Å²) in [4.78, 5) is 15.8. The summed E-state index contributed by atoms with van der Waals surface area (Å²) in [6.45, 7) is 5.94. The zero-order valence-electron chi connectivity index (χ0n) is 13.4. The molecule has 0 bridgehead atoms. The summed E-state index contributed by atoms with van der Waals surface area (Å²) in [5.74, 6) is 0.152. The maximum atomic E-state index is 12.8. The molecule has 1 amide bonds. The molecule has 122 valence electrons. The number of halogens is 1. The van der Waals surface area contributed by atoms with E-state index in [1.165, 1.54) is 12.1 Å². The van der Waals surface area contributed by atoms with Gasteiger partial charge in [0.1, 0.15) is 17.2 Å². The summed E-state index contributed by atoms with van der Waals surface area (Å²) in [5, 5.41) is 5.73. The van der Waals surface area contributed by atoms with E-state index in [0.29, 0.717) is 12.4 Å². The van der Waals surface area contributed by atoms with Crippen molar-refractivity contribution in [3.63, 3.8) is 0 Å². The molecule has 23 heavy (non-hydrogen) atoms. The molecule has 2 aromatic rings. The lowest BCUT2D eigenvalue weighted by atomic mass is 10.2. The Hall–Kier alpha value is -2.63. The molecule has 0 radical (unpaired) electrons. The van der Waals surface area contributed by atoms with Crippen molar-refractivity contribution >= 4 is 17.6 Å². The smallest absolute Gasteiger partial charge is 0.413 e. The van der Waals surface area contributed by atoms with Gasteiger partial charge in [-0.1, -0.05) is 12.1 Å². The highest BCUT2D eigenvalue weighted by molar-refractivity contribution is 5.83. The van der Waals surface area contributed by atoms with Gasteiger partial charge in [0, 0.05) is 6.54 Å². The molecule has 0 saturated carbocycles. The number of hydrogen-bond donors (Lipinski definition) is 2. The van der Waals surface area contributed by atoms with Gasteiger partial charge >= 0.3 is 6.09 Å². The highest BCUT2D eigenvalue weighted by Gasteiger charge is 2.16. The average Bonchev–Trinajstić information content (AvgIpc) is 2.46. The Morgan fingerprint density at radius 2 is 1.87 bits per heavy atom. The van der Waals surface area contributed by atoms with E-state index in [2.05, 4.69) is 15.6 Å². The predicted molar refractivity (Wildman–Crippen MR) is 87.8 cm³/mol. The Morgan fingerprint density at radius 3 is 2.43 bits per heavy atom. The normalized spacial score (nSPS) is 11.0. The van der Waals surface area contributed by atoms with Crippen LogP contribution in [-0.4, -0.2) is 16.7 Å². The average molecular weight is 317 g/mol. The Bertz CT molecular complexity index is 649. The van der Waals surface area contributed by atoms with Gasteiger partial charge in [-0.25, -0.2) is 14.2 Å². The molecule has 1 heterocycles. The number of carbonyl (C=O) groups excluding carboxylic acids is 1. The third kappa shape index (κ3) is 5.94. The Labute approximate surface area is 134 Å². The van der Waals surface area contributed by atoms with Crippen molar-refractivity contribution in [2.75, 3.05) is 10.6 Å². The summed E-state index contributed by atoms with van der Waals surface area (Å²) in [6, 6.07) is 9.74. The van der Waals surface area contributed by atoms with Crippen LogP contribution in [0.2, 0.25) is 0 Å². The van der Waals surface area contributed by atoms with E-state index in [4.69, 9.17) is 4.74 Å². The van der Waals surface area contributed by atoms with Gasteiger partial charge in [-0.05, 0) is 50.6 Å². The summed E-state index contributed by atoms with van der Waals surface area (Å²) >= 11 is 0. The van der Waals surface area contributed by atoms with Crippen molar-refractivity contribution in [2.24, 2.45) is 0 Å². The lowest BCUT2D eigenvalue weighted by Crippen LogP contribution is -2.27. The molecule has 0 aliphatic rings. The minimum absolute atomic E-state index is 0.256. The number of nitrogens with one attached hydrogen (secondary N) is 2. The second-order valence-electron chi connectivity index (χ2n) is 6.04. The third-order valence-electron chi connectivity index (χ3n) is 2.80. The second kappa shape index (κ2) is 7.09. The molecular weight excluding hydrogens is 297 g/mol. The fourth-order valence-electron chi connectivity index (χ4n) is 1.79. The standard InChI is InChI=1S/C17H20FN3O2/c1-17(2,3)23-16(22)21-15-9-8-14(11-20-15)19-10-12-4-6-13(18)7-5-12/h4-9,11,19H,10H2,1-3H3,(H,20,21,22). The first-order valence-electron chi connectivity index (χ1n) is 7.26. The zero-order chi connectivity index (χ0) is 16.9. The number of nitrogens with zero attached hydrogens (tertiary/aromatic N) is 1. The van der Waals surface area contributed by atoms with Crippen molar-refractivity contribution in [2.45, 2.75) is 32.9 Å². The fraction of sp³-hybridized carbons (Fsp3) is 0.294. The number of benzene rings is 1. The summed E-state index contributed by atoms with van der Waals surface area (Å²) in [5.41, 5.74) is 1.20. The molecule has 6 heteroatoms. The first kappa shape index (κ1) is 16.7. The van der Waals surface area contributed by atoms with Crippen LogP contribution in [0.3, 0.4) is 0 Å². The van der Waals surface area contributed by atoms with Gasteiger partial charge in [0.2, 0.25) is 0 Å². The predicted octanol–water partition coefficient (Wildman–Crippen LogP) is 4.18. The molecule has 0 saturated heterocycles. The summed E-state index contributed by atoms with van der Waals surface area (Å²) in [6.07, 6.45) is 1.06. The fourth-order valence-corrected chi connectivity index (χ4v) is 1.79. The molecule has 0 spiro atoms. The molecule has 0 aliphatic heterocycles. The highest BCUT2D eigenvalue weighted by Crippen LogP contribution is 2.13. The Balaban J connectivity index is 1.87. The topological polar surface area (TPSA) is 63.2 Å². The molecule has 1 aromatic carbocycles. The number of amides is 1. The van der Waals surface area contributed by atoms with E-state index in [-0.39, 0.29) is 5.82 Å². The number of anilines is 2. The number of pyridine rings is 1. The van der Waals surface area contributed by atoms with Gasteiger partial charge in [0.25, 0.3) is 0 Å². The van der Waals surface area contributed by atoms with Crippen LogP contribution in [-0.2, 0) is 11.3 Å². The molecule has 0 aliphatic carbocycles. The van der Waals surface area contributed by atoms with E-state index in [0.717, 1.165) is 11.3 Å². The Kier molecular flexibility index (Phi) is 5.16. The highest BCUT2D eigenvalue weighted by atomic mass is 19.1. The van der Waals surface area contributed by atoms with Crippen LogP contribution in [0, 0.1) is 5.82 Å². The zero-order valence-corrected chi connectivity index (χ0v) is 13.4. The molecule has 2 N–H and O–H groups in total. The third-order valence-corrected chi connectivity index (χ3v) is 2.80. The van der Waals surface area contributed by atoms with Crippen molar-refractivity contribution in [1.29, 1.82) is 0 Å². The molecule has 1 aromatic heterocycles. The van der Waals surface area contributed by atoms with E-state index >= 15 is 0 Å². The van der Waals surface area contributed by atoms with Crippen molar-refractivity contribution in [1.82, 2.24) is 4.98 Å². The number of carbonyl (C=O) groups is 1. The van der Waals surface area contributed by atoms with Crippen LogP contribution in [0.25, 0.3) is 0 Å². The van der Waals surface area contributed by atoms with Crippen LogP contribution in [0.5, 0.6) is 0 Å². The van der Waals surface area contributed by atoms with Gasteiger partial charge in [0.05, 0.1) is 11.9 Å². The van der Waals surface area contributed by atoms with Crippen LogP contribution < -0.4 is 10.6 Å². The molecule has 2 rings (SSSR count). The van der Waals surface area contributed by atoms with E-state index < -0.39 is 11.7 Å². The lowest BCUT2D eigenvalue weighted by Gasteiger charge is -2.19. The van der Waals surface area contributed by atoms with Gasteiger partial charge in [-0.2, -0.15) is 0 Å². The molecular formula is C17H20FN3O2. The maximum Gasteiger partial charge on any atom is 0.413 e. The largest absolute Gasteiger partial charge is 0.444 e. The van der Waals surface area contributed by atoms with Gasteiger partial charge in [0.15, 0.2) is 0 Å². The molecule has 5 nitrogen and oxygen atoms in total. The summed E-state index contributed by atoms with van der Waals surface area (Å²) < 4.78 is 18.0. The van der Waals surface area contributed by atoms with Crippen molar-refractivity contribution in [3.05, 3.63) is 54.0 Å². The number of aromatic nitrogens is 1. The molecule has 0 atom stereocenters. The summed E-state index contributed by atoms with van der Waals surface area (Å²) in [7, 11) is 0. The number of rotatable bonds is 4. The van der Waals surface area contributed by atoms with Crippen LogP contribution in [0.15, 0.2) is 42.6 Å². The van der Waals surface area contributed by atoms with Crippen molar-refractivity contribution in [3.8, 4) is 0 Å². The minimum atomic E-state index is -0.555. The minimum Gasteiger partial charge on any atom is -0.444 e. The first-order valence-corrected chi connectivity index (χ1v) is 7.26. The molecule has 0 fully saturated rings. The van der Waals surface area contributed by atoms with Gasteiger partial charge in [-0.3, -0.25) is 5.32 Å². The van der Waals surface area contributed by atoms with Crippen LogP contribution in [0.1, 0.15) is 26.3 Å².